The van der Waals surface area contributed by atoms with Gasteiger partial charge in [-0.2, -0.15) is 0 Å². The van der Waals surface area contributed by atoms with Gasteiger partial charge in [0.25, 0.3) is 5.91 Å². The number of amides is 1. The van der Waals surface area contributed by atoms with Gasteiger partial charge in [-0.25, -0.2) is 4.39 Å². The van der Waals surface area contributed by atoms with Crippen molar-refractivity contribution in [1.82, 2.24) is 10.2 Å². The minimum atomic E-state index is -0.464. The summed E-state index contributed by atoms with van der Waals surface area (Å²) in [6.45, 7) is 1.90. The number of rotatable bonds is 2. The van der Waals surface area contributed by atoms with Gasteiger partial charge in [0.1, 0.15) is 5.82 Å². The van der Waals surface area contributed by atoms with Gasteiger partial charge in [-0.1, -0.05) is 12.1 Å². The van der Waals surface area contributed by atoms with Crippen LogP contribution in [0.4, 0.5) is 4.39 Å². The standard InChI is InChI=1S/C13H17FN2O/c1-16-8-4-5-10(9-16)15-13(17)11-6-2-3-7-12(11)14/h2-3,6-7,10H,4-5,8-9H2,1H3,(H,15,17). The molecule has 1 atom stereocenters. The van der Waals surface area contributed by atoms with Gasteiger partial charge in [-0.3, -0.25) is 4.79 Å². The molecule has 17 heavy (non-hydrogen) atoms. The maximum Gasteiger partial charge on any atom is 0.254 e. The number of hydrogen-bond acceptors (Lipinski definition) is 2. The van der Waals surface area contributed by atoms with E-state index >= 15 is 0 Å². The van der Waals surface area contributed by atoms with Crippen molar-refractivity contribution in [3.63, 3.8) is 0 Å². The van der Waals surface area contributed by atoms with Gasteiger partial charge in [0.05, 0.1) is 5.56 Å². The predicted molar refractivity (Wildman–Crippen MR) is 64.4 cm³/mol. The van der Waals surface area contributed by atoms with Crippen LogP contribution >= 0.6 is 0 Å². The van der Waals surface area contributed by atoms with E-state index in [2.05, 4.69) is 10.2 Å². The Morgan fingerprint density at radius 1 is 1.47 bits per heavy atom. The molecule has 1 amide bonds. The molecule has 0 aromatic heterocycles. The number of piperidine rings is 1. The predicted octanol–water partition coefficient (Wildman–Crippen LogP) is 1.65. The average Bonchev–Trinajstić information content (AvgIpc) is 2.29. The van der Waals surface area contributed by atoms with Crippen molar-refractivity contribution in [3.8, 4) is 0 Å². The quantitative estimate of drug-likeness (QED) is 0.846. The molecule has 1 fully saturated rings. The zero-order chi connectivity index (χ0) is 12.3. The number of likely N-dealkylation sites (tertiary alicyclic amines) is 1. The van der Waals surface area contributed by atoms with Gasteiger partial charge in [-0.15, -0.1) is 0 Å². The maximum atomic E-state index is 13.4. The van der Waals surface area contributed by atoms with E-state index in [1.54, 1.807) is 12.1 Å². The first-order chi connectivity index (χ1) is 8.16. The number of carbonyl (C=O) groups excluding carboxylic acids is 1. The Morgan fingerprint density at radius 2 is 2.24 bits per heavy atom. The molecule has 0 saturated carbocycles. The third-order valence-corrected chi connectivity index (χ3v) is 3.08. The summed E-state index contributed by atoms with van der Waals surface area (Å²) in [5.41, 5.74) is 0.126. The van der Waals surface area contributed by atoms with Gasteiger partial charge >= 0.3 is 0 Å². The molecule has 3 nitrogen and oxygen atoms in total. The van der Waals surface area contributed by atoms with E-state index in [1.165, 1.54) is 12.1 Å². The minimum absolute atomic E-state index is 0.126. The summed E-state index contributed by atoms with van der Waals surface area (Å²) in [5.74, 6) is -0.780. The fourth-order valence-corrected chi connectivity index (χ4v) is 2.19. The SMILES string of the molecule is CN1CCCC(NC(=O)c2ccccc2F)C1. The Balaban J connectivity index is 1.99. The highest BCUT2D eigenvalue weighted by atomic mass is 19.1. The summed E-state index contributed by atoms with van der Waals surface area (Å²) in [6, 6.07) is 6.20. The van der Waals surface area contributed by atoms with Gasteiger partial charge in [0, 0.05) is 12.6 Å². The van der Waals surface area contributed by atoms with Crippen LogP contribution in [-0.4, -0.2) is 37.0 Å². The fraction of sp³-hybridized carbons (Fsp3) is 0.462. The van der Waals surface area contributed by atoms with Gasteiger partial charge in [0.2, 0.25) is 0 Å². The molecule has 1 N–H and O–H groups in total. The van der Waals surface area contributed by atoms with E-state index in [0.717, 1.165) is 25.9 Å². The molecular weight excluding hydrogens is 219 g/mol. The van der Waals surface area contributed by atoms with Crippen molar-refractivity contribution >= 4 is 5.91 Å². The number of nitrogens with one attached hydrogen (secondary N) is 1. The van der Waals surface area contributed by atoms with Gasteiger partial charge in [-0.05, 0) is 38.6 Å². The molecule has 2 rings (SSSR count). The number of hydrogen-bond donors (Lipinski definition) is 1. The summed E-state index contributed by atoms with van der Waals surface area (Å²) >= 11 is 0. The number of benzene rings is 1. The van der Waals surface area contributed by atoms with Crippen LogP contribution in [0.25, 0.3) is 0 Å². The van der Waals surface area contributed by atoms with Crippen LogP contribution in [-0.2, 0) is 0 Å². The minimum Gasteiger partial charge on any atom is -0.348 e. The highest BCUT2D eigenvalue weighted by molar-refractivity contribution is 5.94. The summed E-state index contributed by atoms with van der Waals surface area (Å²) in [4.78, 5) is 14.0. The second kappa shape index (κ2) is 5.27. The largest absolute Gasteiger partial charge is 0.348 e. The van der Waals surface area contributed by atoms with E-state index < -0.39 is 5.82 Å². The maximum absolute atomic E-state index is 13.4. The summed E-state index contributed by atoms with van der Waals surface area (Å²) in [6.07, 6.45) is 2.03. The summed E-state index contributed by atoms with van der Waals surface area (Å²) < 4.78 is 13.4. The third-order valence-electron chi connectivity index (χ3n) is 3.08. The number of nitrogens with zero attached hydrogens (tertiary/aromatic N) is 1. The number of likely N-dealkylation sites (N-methyl/N-ethyl adjacent to an activating group) is 1. The normalized spacial score (nSPS) is 21.2. The molecule has 0 bridgehead atoms. The van der Waals surface area contributed by atoms with Crippen LogP contribution in [0.2, 0.25) is 0 Å². The first kappa shape index (κ1) is 12.0. The third kappa shape index (κ3) is 3.03. The van der Waals surface area contributed by atoms with E-state index in [0.29, 0.717) is 0 Å². The zero-order valence-corrected chi connectivity index (χ0v) is 9.95. The fourth-order valence-electron chi connectivity index (χ4n) is 2.19. The van der Waals surface area contributed by atoms with Crippen molar-refractivity contribution < 1.29 is 9.18 Å². The van der Waals surface area contributed by atoms with Crippen molar-refractivity contribution in [2.24, 2.45) is 0 Å². The Morgan fingerprint density at radius 3 is 2.94 bits per heavy atom. The monoisotopic (exact) mass is 236 g/mol. The number of carbonyl (C=O) groups is 1. The van der Waals surface area contributed by atoms with Crippen LogP contribution in [0.1, 0.15) is 23.2 Å². The van der Waals surface area contributed by atoms with Crippen LogP contribution in [0.15, 0.2) is 24.3 Å². The molecule has 1 aromatic rings. The zero-order valence-electron chi connectivity index (χ0n) is 9.95. The van der Waals surface area contributed by atoms with Gasteiger partial charge in [0.15, 0.2) is 0 Å². The van der Waals surface area contributed by atoms with Crippen molar-refractivity contribution in [2.45, 2.75) is 18.9 Å². The van der Waals surface area contributed by atoms with E-state index in [9.17, 15) is 9.18 Å². The first-order valence-electron chi connectivity index (χ1n) is 5.91. The molecule has 0 spiro atoms. The molecule has 1 unspecified atom stereocenters. The van der Waals surface area contributed by atoms with Crippen LogP contribution in [0.3, 0.4) is 0 Å². The second-order valence-electron chi connectivity index (χ2n) is 4.55. The molecule has 0 radical (unpaired) electrons. The van der Waals surface area contributed by atoms with Crippen LogP contribution < -0.4 is 5.32 Å². The van der Waals surface area contributed by atoms with Crippen molar-refractivity contribution in [2.75, 3.05) is 20.1 Å². The lowest BCUT2D eigenvalue weighted by molar-refractivity contribution is 0.0908. The molecule has 1 saturated heterocycles. The van der Waals surface area contributed by atoms with Gasteiger partial charge < -0.3 is 10.2 Å². The second-order valence-corrected chi connectivity index (χ2v) is 4.55. The molecule has 1 aromatic carbocycles. The van der Waals surface area contributed by atoms with E-state index in [4.69, 9.17) is 0 Å². The Bertz CT molecular complexity index is 408. The molecule has 1 aliphatic rings. The Labute approximate surface area is 101 Å². The van der Waals surface area contributed by atoms with Crippen molar-refractivity contribution in [3.05, 3.63) is 35.6 Å². The molecule has 1 heterocycles. The summed E-state index contributed by atoms with van der Waals surface area (Å²) in [7, 11) is 2.03. The average molecular weight is 236 g/mol. The van der Waals surface area contributed by atoms with Crippen LogP contribution in [0, 0.1) is 5.82 Å². The highest BCUT2D eigenvalue weighted by Crippen LogP contribution is 2.10. The lowest BCUT2D eigenvalue weighted by atomic mass is 10.1. The Hall–Kier alpha value is -1.42. The molecule has 92 valence electrons. The first-order valence-corrected chi connectivity index (χ1v) is 5.91. The molecular formula is C13H17FN2O. The Kier molecular flexibility index (Phi) is 3.74. The molecule has 1 aliphatic heterocycles. The smallest absolute Gasteiger partial charge is 0.254 e. The summed E-state index contributed by atoms with van der Waals surface area (Å²) in [5, 5.41) is 2.89. The highest BCUT2D eigenvalue weighted by Gasteiger charge is 2.20. The molecule has 0 aliphatic carbocycles. The van der Waals surface area contributed by atoms with Crippen LogP contribution in [0.5, 0.6) is 0 Å². The van der Waals surface area contributed by atoms with Crippen molar-refractivity contribution in [1.29, 1.82) is 0 Å². The lowest BCUT2D eigenvalue weighted by Crippen LogP contribution is -2.46. The molecule has 4 heteroatoms. The lowest BCUT2D eigenvalue weighted by Gasteiger charge is -2.30. The van der Waals surface area contributed by atoms with E-state index in [-0.39, 0.29) is 17.5 Å². The van der Waals surface area contributed by atoms with E-state index in [1.807, 2.05) is 7.05 Å². The number of halogens is 1. The topological polar surface area (TPSA) is 32.3 Å².